The third-order valence-electron chi connectivity index (χ3n) is 3.93. The molecule has 7 nitrogen and oxygen atoms in total. The molecule has 1 atom stereocenters. The van der Waals surface area contributed by atoms with Crippen LogP contribution in [0.1, 0.15) is 16.9 Å². The molecule has 8 heteroatoms. The van der Waals surface area contributed by atoms with Crippen molar-refractivity contribution in [2.75, 3.05) is 25.7 Å². The van der Waals surface area contributed by atoms with Gasteiger partial charge in [-0.1, -0.05) is 0 Å². The third-order valence-corrected chi connectivity index (χ3v) is 5.70. The summed E-state index contributed by atoms with van der Waals surface area (Å²) in [5.74, 6) is 0.986. The molecule has 0 bridgehead atoms. The molecule has 0 aliphatic carbocycles. The minimum atomic E-state index is -3.03. The number of hydrogen-bond acceptors (Lipinski definition) is 5. The number of sulfone groups is 1. The quantitative estimate of drug-likeness (QED) is 0.870. The molecule has 1 aliphatic heterocycles. The summed E-state index contributed by atoms with van der Waals surface area (Å²) >= 11 is 0. The van der Waals surface area contributed by atoms with Crippen molar-refractivity contribution in [3.05, 3.63) is 23.9 Å². The Balaban J connectivity index is 1.86. The number of aromatic amines is 1. The van der Waals surface area contributed by atoms with E-state index in [1.807, 2.05) is 0 Å². The minimum Gasteiger partial charge on any atom is -0.497 e. The van der Waals surface area contributed by atoms with Crippen LogP contribution in [0.2, 0.25) is 0 Å². The number of methoxy groups -OCH3 is 2. The van der Waals surface area contributed by atoms with Crippen LogP contribution in [-0.4, -0.2) is 51.1 Å². The van der Waals surface area contributed by atoms with E-state index in [0.717, 1.165) is 5.39 Å². The van der Waals surface area contributed by atoms with Crippen LogP contribution in [-0.2, 0) is 9.84 Å². The second-order valence-electron chi connectivity index (χ2n) is 5.55. The lowest BCUT2D eigenvalue weighted by molar-refractivity contribution is 0.0937. The zero-order valence-corrected chi connectivity index (χ0v) is 13.7. The van der Waals surface area contributed by atoms with Gasteiger partial charge in [0.1, 0.15) is 17.2 Å². The molecule has 2 aromatic rings. The molecule has 3 rings (SSSR count). The van der Waals surface area contributed by atoms with E-state index in [1.54, 1.807) is 25.3 Å². The van der Waals surface area contributed by atoms with Gasteiger partial charge in [0.25, 0.3) is 5.91 Å². The van der Waals surface area contributed by atoms with Gasteiger partial charge in [-0.25, -0.2) is 8.42 Å². The van der Waals surface area contributed by atoms with Crippen LogP contribution in [0.5, 0.6) is 11.5 Å². The lowest BCUT2D eigenvalue weighted by Gasteiger charge is -2.09. The number of rotatable bonds is 4. The van der Waals surface area contributed by atoms with Gasteiger partial charge in [-0.2, -0.15) is 0 Å². The van der Waals surface area contributed by atoms with Crippen molar-refractivity contribution in [3.8, 4) is 11.5 Å². The first-order chi connectivity index (χ1) is 10.9. The number of carbonyl (C=O) groups excluding carboxylic acids is 1. The van der Waals surface area contributed by atoms with E-state index in [-0.39, 0.29) is 23.5 Å². The highest BCUT2D eigenvalue weighted by Crippen LogP contribution is 2.31. The number of H-pyrrole nitrogens is 1. The van der Waals surface area contributed by atoms with Crippen molar-refractivity contribution >= 4 is 26.6 Å². The molecule has 2 heterocycles. The molecule has 1 saturated heterocycles. The minimum absolute atomic E-state index is 0.00386. The first-order valence-electron chi connectivity index (χ1n) is 7.18. The first kappa shape index (κ1) is 15.7. The maximum Gasteiger partial charge on any atom is 0.267 e. The second-order valence-corrected chi connectivity index (χ2v) is 7.78. The van der Waals surface area contributed by atoms with Crippen LogP contribution in [0.25, 0.3) is 10.9 Å². The normalized spacial score (nSPS) is 19.7. The summed E-state index contributed by atoms with van der Waals surface area (Å²) in [6.07, 6.45) is 0.450. The van der Waals surface area contributed by atoms with Crippen molar-refractivity contribution in [2.24, 2.45) is 0 Å². The molecule has 1 fully saturated rings. The lowest BCUT2D eigenvalue weighted by atomic mass is 10.2. The van der Waals surface area contributed by atoms with Crippen molar-refractivity contribution in [3.63, 3.8) is 0 Å². The van der Waals surface area contributed by atoms with E-state index >= 15 is 0 Å². The van der Waals surface area contributed by atoms with Crippen LogP contribution in [0.4, 0.5) is 0 Å². The maximum atomic E-state index is 12.3. The number of hydrogen-bond donors (Lipinski definition) is 2. The molecule has 124 valence electrons. The Bertz CT molecular complexity index is 856. The van der Waals surface area contributed by atoms with Gasteiger partial charge in [0.05, 0.1) is 31.2 Å². The Morgan fingerprint density at radius 2 is 2.04 bits per heavy atom. The summed E-state index contributed by atoms with van der Waals surface area (Å²) in [6, 6.07) is 4.88. The largest absolute Gasteiger partial charge is 0.497 e. The van der Waals surface area contributed by atoms with E-state index in [4.69, 9.17) is 9.47 Å². The summed E-state index contributed by atoms with van der Waals surface area (Å²) in [4.78, 5) is 15.3. The van der Waals surface area contributed by atoms with Crippen LogP contribution in [0.15, 0.2) is 18.2 Å². The summed E-state index contributed by atoms with van der Waals surface area (Å²) in [5.41, 5.74) is 1.05. The molecular weight excluding hydrogens is 320 g/mol. The van der Waals surface area contributed by atoms with Gasteiger partial charge in [0.15, 0.2) is 9.84 Å². The molecule has 0 unspecified atom stereocenters. The highest BCUT2D eigenvalue weighted by molar-refractivity contribution is 7.91. The van der Waals surface area contributed by atoms with Gasteiger partial charge in [-0.3, -0.25) is 4.79 Å². The number of carbonyl (C=O) groups is 1. The molecule has 2 N–H and O–H groups in total. The number of benzene rings is 1. The Labute approximate surface area is 133 Å². The first-order valence-corrected chi connectivity index (χ1v) is 9.00. The van der Waals surface area contributed by atoms with E-state index in [1.165, 1.54) is 7.11 Å². The number of ether oxygens (including phenoxy) is 2. The zero-order valence-electron chi connectivity index (χ0n) is 12.9. The van der Waals surface area contributed by atoms with Crippen molar-refractivity contribution < 1.29 is 22.7 Å². The van der Waals surface area contributed by atoms with Crippen LogP contribution < -0.4 is 14.8 Å². The monoisotopic (exact) mass is 338 g/mol. The average Bonchev–Trinajstić information content (AvgIpc) is 3.09. The molecule has 1 aliphatic rings. The fourth-order valence-electron chi connectivity index (χ4n) is 2.76. The summed E-state index contributed by atoms with van der Waals surface area (Å²) < 4.78 is 33.4. The van der Waals surface area contributed by atoms with Gasteiger partial charge in [-0.15, -0.1) is 0 Å². The number of amides is 1. The van der Waals surface area contributed by atoms with Crippen molar-refractivity contribution in [1.29, 1.82) is 0 Å². The Kier molecular flexibility index (Phi) is 3.93. The van der Waals surface area contributed by atoms with E-state index in [0.29, 0.717) is 29.1 Å². The summed E-state index contributed by atoms with van der Waals surface area (Å²) in [5, 5.41) is 3.54. The smallest absolute Gasteiger partial charge is 0.267 e. The highest BCUT2D eigenvalue weighted by Gasteiger charge is 2.29. The molecule has 0 saturated carbocycles. The Morgan fingerprint density at radius 1 is 1.26 bits per heavy atom. The van der Waals surface area contributed by atoms with Crippen LogP contribution in [0, 0.1) is 0 Å². The van der Waals surface area contributed by atoms with E-state index < -0.39 is 9.84 Å². The van der Waals surface area contributed by atoms with E-state index in [9.17, 15) is 13.2 Å². The second kappa shape index (κ2) is 5.77. The standard InChI is InChI=1S/C15H18N2O5S/c1-21-11-5-9-6-12(17-14(9)13(7-11)22-2)15(18)16-10-3-4-23(19,20)8-10/h5-7,10,17H,3-4,8H2,1-2H3,(H,16,18)/t10-/m1/s1. The number of nitrogens with one attached hydrogen (secondary N) is 2. The summed E-state index contributed by atoms with van der Waals surface area (Å²) in [7, 11) is 0.0678. The number of fused-ring (bicyclic) bond motifs is 1. The molecule has 0 spiro atoms. The Morgan fingerprint density at radius 3 is 2.65 bits per heavy atom. The SMILES string of the molecule is COc1cc(OC)c2[nH]c(C(=O)N[C@@H]3CCS(=O)(=O)C3)cc2c1. The van der Waals surface area contributed by atoms with Crippen LogP contribution >= 0.6 is 0 Å². The van der Waals surface area contributed by atoms with Gasteiger partial charge in [0, 0.05) is 17.5 Å². The maximum absolute atomic E-state index is 12.3. The third kappa shape index (κ3) is 3.12. The summed E-state index contributed by atoms with van der Waals surface area (Å²) in [6.45, 7) is 0. The molecular formula is C15H18N2O5S. The predicted octanol–water partition coefficient (Wildman–Crippen LogP) is 1.10. The Hall–Kier alpha value is -2.22. The van der Waals surface area contributed by atoms with Crippen molar-refractivity contribution in [1.82, 2.24) is 10.3 Å². The molecule has 1 aromatic heterocycles. The lowest BCUT2D eigenvalue weighted by Crippen LogP contribution is -2.35. The number of aromatic nitrogens is 1. The van der Waals surface area contributed by atoms with Gasteiger partial charge in [0.2, 0.25) is 0 Å². The molecule has 0 radical (unpaired) electrons. The molecule has 1 aromatic carbocycles. The van der Waals surface area contributed by atoms with Gasteiger partial charge in [-0.05, 0) is 18.6 Å². The molecule has 23 heavy (non-hydrogen) atoms. The fourth-order valence-corrected chi connectivity index (χ4v) is 4.43. The molecule has 1 amide bonds. The van der Waals surface area contributed by atoms with Gasteiger partial charge >= 0.3 is 0 Å². The zero-order chi connectivity index (χ0) is 16.6. The fraction of sp³-hybridized carbons (Fsp3) is 0.400. The van der Waals surface area contributed by atoms with Crippen LogP contribution in [0.3, 0.4) is 0 Å². The van der Waals surface area contributed by atoms with E-state index in [2.05, 4.69) is 10.3 Å². The average molecular weight is 338 g/mol. The topological polar surface area (TPSA) is 97.5 Å². The predicted molar refractivity (Wildman–Crippen MR) is 85.9 cm³/mol. The van der Waals surface area contributed by atoms with Gasteiger partial charge < -0.3 is 19.8 Å². The highest BCUT2D eigenvalue weighted by atomic mass is 32.2. The van der Waals surface area contributed by atoms with Crippen molar-refractivity contribution in [2.45, 2.75) is 12.5 Å².